The number of ketones is 1. The van der Waals surface area contributed by atoms with Gasteiger partial charge in [0.05, 0.1) is 17.1 Å². The number of hydrogen-bond donors (Lipinski definition) is 0. The minimum atomic E-state index is -1.24. The lowest BCUT2D eigenvalue weighted by molar-refractivity contribution is 0.0474. The first-order valence-corrected chi connectivity index (χ1v) is 10.5. The van der Waals surface area contributed by atoms with E-state index in [1.807, 2.05) is 35.8 Å². The summed E-state index contributed by atoms with van der Waals surface area (Å²) >= 11 is 5.78. The summed E-state index contributed by atoms with van der Waals surface area (Å²) < 4.78 is 45.3. The molecule has 172 valence electrons. The number of hydrogen-bond acceptors (Lipinski definition) is 5. The second kappa shape index (κ2) is 9.23. The van der Waals surface area contributed by atoms with Gasteiger partial charge in [0.15, 0.2) is 35.8 Å². The number of nitrogens with zero attached hydrogens (tertiary/aromatic N) is 1. The van der Waals surface area contributed by atoms with Crippen LogP contribution < -0.4 is 9.47 Å². The van der Waals surface area contributed by atoms with E-state index >= 15 is 0 Å². The van der Waals surface area contributed by atoms with Crippen molar-refractivity contribution >= 4 is 23.4 Å². The molecule has 33 heavy (non-hydrogen) atoms. The van der Waals surface area contributed by atoms with Crippen molar-refractivity contribution in [3.8, 4) is 11.5 Å². The predicted octanol–water partition coefficient (Wildman–Crippen LogP) is 4.92. The number of benzene rings is 2. The number of carbonyl (C=O) groups excluding carboxylic acids is 2. The topological polar surface area (TPSA) is 66.8 Å². The molecule has 0 radical (unpaired) electrons. The largest absolute Gasteiger partial charge is 0.486 e. The number of ether oxygens (including phenoxy) is 3. The number of carbonyl (C=O) groups is 2. The van der Waals surface area contributed by atoms with Gasteiger partial charge in [-0.25, -0.2) is 13.6 Å². The number of para-hydroxylation sites is 2. The molecule has 0 saturated heterocycles. The molecule has 1 atom stereocenters. The number of fused-ring (bicyclic) bond motifs is 1. The molecule has 4 rings (SSSR count). The molecule has 2 aromatic carbocycles. The highest BCUT2D eigenvalue weighted by atomic mass is 35.5. The van der Waals surface area contributed by atoms with Crippen LogP contribution in [-0.4, -0.2) is 35.6 Å². The molecule has 1 aliphatic rings. The molecule has 9 heteroatoms. The van der Waals surface area contributed by atoms with Gasteiger partial charge in [-0.2, -0.15) is 0 Å². The Labute approximate surface area is 193 Å². The number of esters is 1. The first-order chi connectivity index (χ1) is 15.7. The van der Waals surface area contributed by atoms with Gasteiger partial charge in [-0.3, -0.25) is 4.79 Å². The van der Waals surface area contributed by atoms with Crippen LogP contribution in [0.3, 0.4) is 0 Å². The second-order valence-electron chi connectivity index (χ2n) is 7.64. The summed E-state index contributed by atoms with van der Waals surface area (Å²) in [6, 6.07) is 10.4. The molecule has 0 spiro atoms. The van der Waals surface area contributed by atoms with Gasteiger partial charge in [0, 0.05) is 17.0 Å². The summed E-state index contributed by atoms with van der Waals surface area (Å²) in [6.07, 6.45) is -0.249. The van der Waals surface area contributed by atoms with Crippen molar-refractivity contribution in [2.45, 2.75) is 26.5 Å². The van der Waals surface area contributed by atoms with E-state index < -0.39 is 30.0 Å². The Morgan fingerprint density at radius 1 is 1.09 bits per heavy atom. The Kier molecular flexibility index (Phi) is 6.37. The minimum Gasteiger partial charge on any atom is -0.486 e. The molecule has 0 unspecified atom stereocenters. The average molecular weight is 476 g/mol. The summed E-state index contributed by atoms with van der Waals surface area (Å²) in [5.41, 5.74) is 1.53. The van der Waals surface area contributed by atoms with Crippen LogP contribution in [-0.2, 0) is 11.3 Å². The summed E-state index contributed by atoms with van der Waals surface area (Å²) in [5, 5.41) is -0.305. The number of Topliss-reactive ketones (excluding diaryl/α,β-unsaturated/α-hetero) is 1. The SMILES string of the molecule is Cc1cc(C(=O)COC(=O)c2cc(F)c(F)cc2Cl)c(C)n1C[C@@H]1COc2ccccc2O1. The van der Waals surface area contributed by atoms with Crippen molar-refractivity contribution in [2.24, 2.45) is 0 Å². The maximum Gasteiger partial charge on any atom is 0.340 e. The third kappa shape index (κ3) is 4.71. The fourth-order valence-corrected chi connectivity index (χ4v) is 3.91. The zero-order chi connectivity index (χ0) is 23.7. The van der Waals surface area contributed by atoms with E-state index in [9.17, 15) is 18.4 Å². The molecule has 0 bridgehead atoms. The highest BCUT2D eigenvalue weighted by Gasteiger charge is 2.25. The Morgan fingerprint density at radius 3 is 2.55 bits per heavy atom. The molecule has 0 saturated carbocycles. The van der Waals surface area contributed by atoms with Crippen molar-refractivity contribution in [1.82, 2.24) is 4.57 Å². The molecule has 0 fully saturated rings. The maximum atomic E-state index is 13.4. The third-order valence-corrected chi connectivity index (χ3v) is 5.70. The zero-order valence-electron chi connectivity index (χ0n) is 17.9. The molecule has 3 aromatic rings. The Morgan fingerprint density at radius 2 is 1.79 bits per heavy atom. The highest BCUT2D eigenvalue weighted by Crippen LogP contribution is 2.31. The van der Waals surface area contributed by atoms with Crippen molar-refractivity contribution < 1.29 is 32.6 Å². The van der Waals surface area contributed by atoms with Gasteiger partial charge in [-0.1, -0.05) is 23.7 Å². The molecular weight excluding hydrogens is 456 g/mol. The summed E-state index contributed by atoms with van der Waals surface area (Å²) in [7, 11) is 0. The Balaban J connectivity index is 1.43. The number of rotatable bonds is 6. The van der Waals surface area contributed by atoms with Crippen LogP contribution in [0, 0.1) is 25.5 Å². The van der Waals surface area contributed by atoms with Crippen LogP contribution in [0.15, 0.2) is 42.5 Å². The third-order valence-electron chi connectivity index (χ3n) is 5.39. The van der Waals surface area contributed by atoms with E-state index in [4.69, 9.17) is 25.8 Å². The van der Waals surface area contributed by atoms with Crippen LogP contribution >= 0.6 is 11.6 Å². The molecule has 2 heterocycles. The van der Waals surface area contributed by atoms with Gasteiger partial charge in [0.2, 0.25) is 5.78 Å². The standard InChI is InChI=1S/C24H20ClF2NO5/c1-13-7-16(21(29)12-32-24(30)17-8-19(26)20(27)9-18(17)25)14(2)28(13)10-15-11-31-22-5-3-4-6-23(22)33-15/h3-9,15H,10-12H2,1-2H3/t15-/m1/s1. The van der Waals surface area contributed by atoms with Crippen molar-refractivity contribution in [3.05, 3.63) is 81.6 Å². The van der Waals surface area contributed by atoms with Crippen molar-refractivity contribution in [2.75, 3.05) is 13.2 Å². The number of halogens is 3. The van der Waals surface area contributed by atoms with E-state index in [2.05, 4.69) is 0 Å². The lowest BCUT2D eigenvalue weighted by atomic mass is 10.1. The van der Waals surface area contributed by atoms with Crippen molar-refractivity contribution in [3.63, 3.8) is 0 Å². The fourth-order valence-electron chi connectivity index (χ4n) is 3.69. The first-order valence-electron chi connectivity index (χ1n) is 10.1. The van der Waals surface area contributed by atoms with Crippen LogP contribution in [0.2, 0.25) is 5.02 Å². The predicted molar refractivity (Wildman–Crippen MR) is 116 cm³/mol. The van der Waals surface area contributed by atoms with Gasteiger partial charge in [0.25, 0.3) is 0 Å². The quantitative estimate of drug-likeness (QED) is 0.288. The summed E-state index contributed by atoms with van der Waals surface area (Å²) in [5.74, 6) is -2.53. The van der Waals surface area contributed by atoms with Crippen molar-refractivity contribution in [1.29, 1.82) is 0 Å². The van der Waals surface area contributed by atoms with E-state index in [1.165, 1.54) is 0 Å². The monoisotopic (exact) mass is 475 g/mol. The molecule has 0 aliphatic carbocycles. The van der Waals surface area contributed by atoms with Gasteiger partial charge in [0.1, 0.15) is 6.61 Å². The zero-order valence-corrected chi connectivity index (χ0v) is 18.6. The van der Waals surface area contributed by atoms with Crippen LogP contribution in [0.5, 0.6) is 11.5 Å². The minimum absolute atomic E-state index is 0.249. The van der Waals surface area contributed by atoms with E-state index in [0.717, 1.165) is 5.69 Å². The van der Waals surface area contributed by atoms with Gasteiger partial charge in [-0.15, -0.1) is 0 Å². The molecular formula is C24H20ClF2NO5. The van der Waals surface area contributed by atoms with E-state index in [0.29, 0.717) is 48.0 Å². The molecule has 6 nitrogen and oxygen atoms in total. The van der Waals surface area contributed by atoms with Crippen LogP contribution in [0.4, 0.5) is 8.78 Å². The number of aryl methyl sites for hydroxylation is 1. The lowest BCUT2D eigenvalue weighted by Gasteiger charge is -2.27. The molecule has 1 aromatic heterocycles. The molecule has 0 amide bonds. The van der Waals surface area contributed by atoms with Crippen LogP contribution in [0.1, 0.15) is 32.1 Å². The molecule has 1 aliphatic heterocycles. The Bertz CT molecular complexity index is 1240. The van der Waals surface area contributed by atoms with E-state index in [1.54, 1.807) is 13.0 Å². The second-order valence-corrected chi connectivity index (χ2v) is 8.05. The Hall–Kier alpha value is -3.39. The maximum absolute atomic E-state index is 13.4. The van der Waals surface area contributed by atoms with E-state index in [-0.39, 0.29) is 16.7 Å². The summed E-state index contributed by atoms with van der Waals surface area (Å²) in [4.78, 5) is 24.9. The van der Waals surface area contributed by atoms with Gasteiger partial charge in [-0.05, 0) is 44.2 Å². The first kappa shape index (κ1) is 22.8. The normalized spacial score (nSPS) is 14.8. The molecule has 0 N–H and O–H groups in total. The summed E-state index contributed by atoms with van der Waals surface area (Å²) in [6.45, 7) is 3.89. The highest BCUT2D eigenvalue weighted by molar-refractivity contribution is 6.33. The van der Waals surface area contributed by atoms with Crippen LogP contribution in [0.25, 0.3) is 0 Å². The number of aromatic nitrogens is 1. The lowest BCUT2D eigenvalue weighted by Crippen LogP contribution is -2.33. The van der Waals surface area contributed by atoms with Gasteiger partial charge >= 0.3 is 5.97 Å². The van der Waals surface area contributed by atoms with Gasteiger partial charge < -0.3 is 18.8 Å². The average Bonchev–Trinajstić information content (AvgIpc) is 3.08. The smallest absolute Gasteiger partial charge is 0.340 e. The fraction of sp³-hybridized carbons (Fsp3) is 0.250.